The van der Waals surface area contributed by atoms with E-state index in [1.54, 1.807) is 0 Å². The van der Waals surface area contributed by atoms with Crippen LogP contribution >= 0.6 is 0 Å². The molecule has 2 heterocycles. The van der Waals surface area contributed by atoms with Gasteiger partial charge in [0.1, 0.15) is 10.8 Å². The number of benzene rings is 4. The highest BCUT2D eigenvalue weighted by atomic mass is 16.5. The van der Waals surface area contributed by atoms with Crippen molar-refractivity contribution in [2.24, 2.45) is 5.92 Å². The highest BCUT2D eigenvalue weighted by Gasteiger charge is 2.41. The Bertz CT molecular complexity index is 1510. The summed E-state index contributed by atoms with van der Waals surface area (Å²) >= 11 is 0. The molecule has 0 N–H and O–H groups in total. The maximum Gasteiger partial charge on any atom is 0.111 e. The number of hydrogen-bond donors (Lipinski definition) is 0. The van der Waals surface area contributed by atoms with Crippen molar-refractivity contribution in [3.05, 3.63) is 144 Å². The molecule has 2 saturated heterocycles. The Morgan fingerprint density at radius 1 is 0.583 bits per heavy atom. The molecule has 6 nitrogen and oxygen atoms in total. The van der Waals surface area contributed by atoms with Crippen LogP contribution < -0.4 is 0 Å². The third-order valence-electron chi connectivity index (χ3n) is 10.0. The molecular weight excluding hydrogens is 592 g/mol. The summed E-state index contributed by atoms with van der Waals surface area (Å²) in [4.78, 5) is 4.84. The van der Waals surface area contributed by atoms with E-state index in [4.69, 9.17) is 9.47 Å². The first kappa shape index (κ1) is 35.0. The second kappa shape index (κ2) is 17.2. The van der Waals surface area contributed by atoms with E-state index in [0.29, 0.717) is 6.04 Å². The monoisotopic (exact) mass is 640 g/mol. The van der Waals surface area contributed by atoms with Gasteiger partial charge in [0, 0.05) is 38.8 Å². The molecule has 0 amide bonds. The molecule has 4 aromatic rings. The first-order valence-electron chi connectivity index (χ1n) is 17.2. The molecule has 0 saturated carbocycles. The number of ether oxygens (including phenoxy) is 2. The molecule has 2 fully saturated rings. The van der Waals surface area contributed by atoms with E-state index >= 15 is 0 Å². The number of morpholine rings is 2. The van der Waals surface area contributed by atoms with Gasteiger partial charge in [-0.2, -0.15) is 10.5 Å². The van der Waals surface area contributed by atoms with E-state index in [1.807, 2.05) is 72.8 Å². The van der Waals surface area contributed by atoms with Crippen molar-refractivity contribution in [3.8, 4) is 12.1 Å². The number of hydrogen-bond acceptors (Lipinski definition) is 6. The van der Waals surface area contributed by atoms with Crippen LogP contribution in [0.1, 0.15) is 42.5 Å². The van der Waals surface area contributed by atoms with E-state index in [-0.39, 0.29) is 5.92 Å². The average molecular weight is 641 g/mol. The fraction of sp³-hybridized carbons (Fsp3) is 0.381. The van der Waals surface area contributed by atoms with Gasteiger partial charge in [-0.1, -0.05) is 128 Å². The molecule has 6 heteroatoms. The summed E-state index contributed by atoms with van der Waals surface area (Å²) in [6.45, 7) is 12.2. The predicted octanol–water partition coefficient (Wildman–Crippen LogP) is 7.07. The smallest absolute Gasteiger partial charge is 0.111 e. The van der Waals surface area contributed by atoms with Crippen molar-refractivity contribution >= 4 is 0 Å². The Balaban J connectivity index is 0.000000188. The second-order valence-corrected chi connectivity index (χ2v) is 12.9. The SMILES string of the molecule is CC(CC(C#N)(c1ccccc1)c1ccccc1)N1CCOCC1.CC(CN1CCOCC1)C(C#N)(c1ccccc1)c1ccccc1. The average Bonchev–Trinajstić information content (AvgIpc) is 3.17. The quantitative estimate of drug-likeness (QED) is 0.185. The lowest BCUT2D eigenvalue weighted by Gasteiger charge is -2.38. The molecule has 6 rings (SSSR count). The molecule has 0 aliphatic carbocycles. The lowest BCUT2D eigenvalue weighted by atomic mass is 9.67. The van der Waals surface area contributed by atoms with Gasteiger partial charge in [-0.3, -0.25) is 9.80 Å². The van der Waals surface area contributed by atoms with Crippen LogP contribution in [0.5, 0.6) is 0 Å². The van der Waals surface area contributed by atoms with Crippen LogP contribution in [0, 0.1) is 28.6 Å². The lowest BCUT2D eigenvalue weighted by molar-refractivity contribution is 0.0164. The third kappa shape index (κ3) is 8.04. The zero-order chi connectivity index (χ0) is 33.7. The molecule has 2 aliphatic rings. The minimum Gasteiger partial charge on any atom is -0.379 e. The lowest BCUT2D eigenvalue weighted by Crippen LogP contribution is -2.45. The number of nitriles is 2. The summed E-state index contributed by atoms with van der Waals surface area (Å²) < 4.78 is 10.9. The van der Waals surface area contributed by atoms with E-state index in [1.165, 1.54) is 0 Å². The summed E-state index contributed by atoms with van der Waals surface area (Å²) in [5, 5.41) is 20.5. The number of rotatable bonds is 10. The largest absolute Gasteiger partial charge is 0.379 e. The van der Waals surface area contributed by atoms with E-state index in [2.05, 4.69) is 84.3 Å². The summed E-state index contributed by atoms with van der Waals surface area (Å²) in [5.41, 5.74) is 3.01. The van der Waals surface area contributed by atoms with Crippen molar-refractivity contribution in [1.29, 1.82) is 10.5 Å². The first-order chi connectivity index (χ1) is 23.5. The molecule has 2 atom stereocenters. The van der Waals surface area contributed by atoms with Crippen LogP contribution in [0.4, 0.5) is 0 Å². The van der Waals surface area contributed by atoms with Gasteiger partial charge in [0.2, 0.25) is 0 Å². The van der Waals surface area contributed by atoms with Gasteiger partial charge in [0.15, 0.2) is 0 Å². The highest BCUT2D eigenvalue weighted by molar-refractivity contribution is 5.47. The topological polar surface area (TPSA) is 72.5 Å². The molecule has 0 bridgehead atoms. The third-order valence-corrected chi connectivity index (χ3v) is 10.0. The van der Waals surface area contributed by atoms with Crippen LogP contribution in [0.25, 0.3) is 0 Å². The van der Waals surface area contributed by atoms with Crippen LogP contribution in [0.15, 0.2) is 121 Å². The normalized spacial score (nSPS) is 17.2. The maximum atomic E-state index is 10.3. The zero-order valence-electron chi connectivity index (χ0n) is 28.4. The van der Waals surface area contributed by atoms with E-state index < -0.39 is 10.8 Å². The van der Waals surface area contributed by atoms with Gasteiger partial charge in [-0.15, -0.1) is 0 Å². The van der Waals surface area contributed by atoms with E-state index in [9.17, 15) is 10.5 Å². The molecule has 0 aromatic heterocycles. The Kier molecular flexibility index (Phi) is 12.5. The van der Waals surface area contributed by atoms with Crippen molar-refractivity contribution in [1.82, 2.24) is 9.80 Å². The van der Waals surface area contributed by atoms with Gasteiger partial charge in [-0.05, 0) is 41.5 Å². The molecule has 0 radical (unpaired) electrons. The van der Waals surface area contributed by atoms with Crippen molar-refractivity contribution in [3.63, 3.8) is 0 Å². The van der Waals surface area contributed by atoms with Crippen LogP contribution in [-0.2, 0) is 20.3 Å². The van der Waals surface area contributed by atoms with Gasteiger partial charge in [0.25, 0.3) is 0 Å². The Morgan fingerprint density at radius 3 is 1.38 bits per heavy atom. The molecule has 2 aliphatic heterocycles. The number of nitrogens with zero attached hydrogens (tertiary/aromatic N) is 4. The first-order valence-corrected chi connectivity index (χ1v) is 17.2. The summed E-state index contributed by atoms with van der Waals surface area (Å²) in [5.74, 6) is 0.172. The summed E-state index contributed by atoms with van der Waals surface area (Å²) in [6.07, 6.45) is 0.775. The zero-order valence-corrected chi connectivity index (χ0v) is 28.4. The Morgan fingerprint density at radius 2 is 0.979 bits per heavy atom. The van der Waals surface area contributed by atoms with Gasteiger partial charge in [-0.25, -0.2) is 0 Å². The summed E-state index contributed by atoms with van der Waals surface area (Å²) in [7, 11) is 0. The second-order valence-electron chi connectivity index (χ2n) is 12.9. The van der Waals surface area contributed by atoms with Crippen LogP contribution in [-0.4, -0.2) is 75.0 Å². The molecule has 0 spiro atoms. The standard InChI is InChI=1S/2C21H24N2O/c1-18(16-23-12-14-24-15-13-23)21(17-22,19-8-4-2-5-9-19)20-10-6-3-7-11-20;1-18(23-12-14-24-15-13-23)16-21(17-22,19-8-4-2-5-9-19)20-10-6-3-7-11-20/h2*2-11,18H,12-16H2,1H3. The molecule has 4 aromatic carbocycles. The minimum absolute atomic E-state index is 0.172. The molecule has 48 heavy (non-hydrogen) atoms. The maximum absolute atomic E-state index is 10.3. The molecule has 2 unspecified atom stereocenters. The Hall–Kier alpha value is -4.30. The van der Waals surface area contributed by atoms with Crippen molar-refractivity contribution in [2.75, 3.05) is 59.2 Å². The minimum atomic E-state index is -0.638. The van der Waals surface area contributed by atoms with Crippen LogP contribution in [0.3, 0.4) is 0 Å². The van der Waals surface area contributed by atoms with Gasteiger partial charge < -0.3 is 9.47 Å². The highest BCUT2D eigenvalue weighted by Crippen LogP contribution is 2.40. The molecular formula is C42H48N4O2. The predicted molar refractivity (Wildman–Crippen MR) is 191 cm³/mol. The summed E-state index contributed by atoms with van der Waals surface area (Å²) in [6, 6.07) is 46.4. The van der Waals surface area contributed by atoms with Gasteiger partial charge >= 0.3 is 0 Å². The fourth-order valence-corrected chi connectivity index (χ4v) is 7.30. The van der Waals surface area contributed by atoms with Crippen molar-refractivity contribution < 1.29 is 9.47 Å². The van der Waals surface area contributed by atoms with E-state index in [0.717, 1.165) is 87.8 Å². The van der Waals surface area contributed by atoms with Crippen molar-refractivity contribution in [2.45, 2.75) is 37.1 Å². The Labute approximate surface area is 287 Å². The molecule has 248 valence electrons. The fourth-order valence-electron chi connectivity index (χ4n) is 7.30. The van der Waals surface area contributed by atoms with Crippen LogP contribution in [0.2, 0.25) is 0 Å². The van der Waals surface area contributed by atoms with Gasteiger partial charge in [0.05, 0.1) is 38.6 Å².